The van der Waals surface area contributed by atoms with Gasteiger partial charge in [-0.3, -0.25) is 9.10 Å². The number of nitrogens with zero attached hydrogens (tertiary/aromatic N) is 2. The highest BCUT2D eigenvalue weighted by molar-refractivity contribution is 7.92. The van der Waals surface area contributed by atoms with Gasteiger partial charge in [0, 0.05) is 13.1 Å². The molecule has 3 aromatic carbocycles. The number of sulfonamides is 2. The number of para-hydroxylation sites is 1. The number of carbonyl (C=O) groups excluding carboxylic acids is 1. The molecule has 40 heavy (non-hydrogen) atoms. The van der Waals surface area contributed by atoms with Gasteiger partial charge in [-0.25, -0.2) is 16.8 Å². The number of benzene rings is 3. The Bertz CT molecular complexity index is 1570. The highest BCUT2D eigenvalue weighted by Gasteiger charge is 2.30. The molecular formula is C28H33N3O7S2. The number of hydrogen-bond donors (Lipinski definition) is 1. The van der Waals surface area contributed by atoms with Crippen LogP contribution in [0.4, 0.5) is 11.4 Å². The number of aryl methyl sites for hydroxylation is 1. The van der Waals surface area contributed by atoms with Crippen LogP contribution < -0.4 is 19.1 Å². The van der Waals surface area contributed by atoms with Crippen LogP contribution >= 0.6 is 0 Å². The molecule has 0 bridgehead atoms. The molecule has 0 aromatic heterocycles. The molecule has 1 aliphatic heterocycles. The summed E-state index contributed by atoms with van der Waals surface area (Å²) in [4.78, 5) is 13.3. The smallest absolute Gasteiger partial charge is 0.264 e. The maximum atomic E-state index is 13.8. The Labute approximate surface area is 235 Å². The molecule has 1 aliphatic rings. The van der Waals surface area contributed by atoms with Gasteiger partial charge < -0.3 is 14.8 Å². The van der Waals surface area contributed by atoms with Gasteiger partial charge in [0.15, 0.2) is 0 Å². The molecule has 1 amide bonds. The van der Waals surface area contributed by atoms with Crippen molar-refractivity contribution in [3.63, 3.8) is 0 Å². The van der Waals surface area contributed by atoms with E-state index < -0.39 is 32.5 Å². The molecule has 0 saturated carbocycles. The summed E-state index contributed by atoms with van der Waals surface area (Å²) >= 11 is 0. The number of piperidine rings is 1. The van der Waals surface area contributed by atoms with E-state index in [1.807, 2.05) is 0 Å². The molecule has 12 heteroatoms. The van der Waals surface area contributed by atoms with E-state index in [1.54, 1.807) is 43.3 Å². The number of anilines is 2. The summed E-state index contributed by atoms with van der Waals surface area (Å²) in [5, 5.41) is 2.66. The molecule has 0 unspecified atom stereocenters. The first-order chi connectivity index (χ1) is 19.1. The summed E-state index contributed by atoms with van der Waals surface area (Å²) in [6, 6.07) is 17.0. The molecule has 1 fully saturated rings. The average molecular weight is 588 g/mol. The fourth-order valence-corrected chi connectivity index (χ4v) is 7.62. The first kappa shape index (κ1) is 29.4. The fourth-order valence-electron chi connectivity index (χ4n) is 4.57. The van der Waals surface area contributed by atoms with Crippen LogP contribution in [0.3, 0.4) is 0 Å². The zero-order valence-electron chi connectivity index (χ0n) is 22.7. The molecule has 0 aliphatic carbocycles. The number of carbonyl (C=O) groups is 1. The monoisotopic (exact) mass is 587 g/mol. The van der Waals surface area contributed by atoms with E-state index in [-0.39, 0.29) is 21.2 Å². The van der Waals surface area contributed by atoms with Crippen molar-refractivity contribution in [3.8, 4) is 11.5 Å². The number of ether oxygens (including phenoxy) is 2. The van der Waals surface area contributed by atoms with Gasteiger partial charge in [0.2, 0.25) is 15.9 Å². The van der Waals surface area contributed by atoms with E-state index in [1.165, 1.54) is 48.9 Å². The van der Waals surface area contributed by atoms with Crippen LogP contribution in [0.5, 0.6) is 11.5 Å². The highest BCUT2D eigenvalue weighted by Crippen LogP contribution is 2.31. The van der Waals surface area contributed by atoms with Crippen LogP contribution in [0.25, 0.3) is 0 Å². The van der Waals surface area contributed by atoms with Crippen LogP contribution in [0.2, 0.25) is 0 Å². The van der Waals surface area contributed by atoms with Crippen molar-refractivity contribution in [2.75, 3.05) is 43.5 Å². The summed E-state index contributed by atoms with van der Waals surface area (Å²) in [6.45, 7) is 2.04. The van der Waals surface area contributed by atoms with E-state index in [2.05, 4.69) is 5.32 Å². The van der Waals surface area contributed by atoms with Crippen LogP contribution in [-0.2, 0) is 24.8 Å². The average Bonchev–Trinajstić information content (AvgIpc) is 2.96. The van der Waals surface area contributed by atoms with Gasteiger partial charge in [0.1, 0.15) is 18.0 Å². The van der Waals surface area contributed by atoms with Gasteiger partial charge in [0.25, 0.3) is 10.0 Å². The van der Waals surface area contributed by atoms with Crippen molar-refractivity contribution >= 4 is 37.3 Å². The second-order valence-electron chi connectivity index (χ2n) is 9.35. The van der Waals surface area contributed by atoms with Crippen LogP contribution in [0, 0.1) is 6.92 Å². The predicted octanol–water partition coefficient (Wildman–Crippen LogP) is 4.02. The molecule has 4 rings (SSSR count). The third kappa shape index (κ3) is 6.24. The lowest BCUT2D eigenvalue weighted by atomic mass is 10.2. The Balaban J connectivity index is 1.65. The van der Waals surface area contributed by atoms with E-state index >= 15 is 0 Å². The third-order valence-corrected chi connectivity index (χ3v) is 10.3. The molecule has 1 N–H and O–H groups in total. The van der Waals surface area contributed by atoms with E-state index in [4.69, 9.17) is 9.47 Å². The number of nitrogens with one attached hydrogen (secondary N) is 1. The zero-order valence-corrected chi connectivity index (χ0v) is 24.3. The lowest BCUT2D eigenvalue weighted by Gasteiger charge is -2.26. The van der Waals surface area contributed by atoms with Gasteiger partial charge in [-0.2, -0.15) is 4.31 Å². The van der Waals surface area contributed by atoms with Crippen LogP contribution in [0.1, 0.15) is 24.8 Å². The summed E-state index contributed by atoms with van der Waals surface area (Å²) < 4.78 is 67.0. The lowest BCUT2D eigenvalue weighted by Crippen LogP contribution is -2.38. The van der Waals surface area contributed by atoms with Gasteiger partial charge in [-0.1, -0.05) is 24.6 Å². The molecule has 0 spiro atoms. The van der Waals surface area contributed by atoms with Crippen molar-refractivity contribution in [2.45, 2.75) is 36.0 Å². The third-order valence-electron chi connectivity index (χ3n) is 6.68. The SMILES string of the molecule is COc1ccc(S(=O)(=O)N(CC(=O)Nc2cc(S(=O)(=O)N3CCCCC3)ccc2OC)c2ccccc2)cc1C. The van der Waals surface area contributed by atoms with Gasteiger partial charge in [0.05, 0.1) is 35.4 Å². The second-order valence-corrected chi connectivity index (χ2v) is 13.2. The Morgan fingerprint density at radius 3 is 2.10 bits per heavy atom. The van der Waals surface area contributed by atoms with Gasteiger partial charge in [-0.05, 0) is 73.9 Å². The van der Waals surface area contributed by atoms with Gasteiger partial charge >= 0.3 is 0 Å². The maximum Gasteiger partial charge on any atom is 0.264 e. The fraction of sp³-hybridized carbons (Fsp3) is 0.321. The first-order valence-corrected chi connectivity index (χ1v) is 15.7. The summed E-state index contributed by atoms with van der Waals surface area (Å²) in [6.07, 6.45) is 2.56. The summed E-state index contributed by atoms with van der Waals surface area (Å²) in [5.74, 6) is 0.101. The molecule has 3 aromatic rings. The van der Waals surface area contributed by atoms with E-state index in [0.29, 0.717) is 30.1 Å². The first-order valence-electron chi connectivity index (χ1n) is 12.8. The van der Waals surface area contributed by atoms with Gasteiger partial charge in [-0.15, -0.1) is 0 Å². The molecular weight excluding hydrogens is 554 g/mol. The Kier molecular flexibility index (Phi) is 9.02. The minimum atomic E-state index is -4.17. The molecule has 214 valence electrons. The molecule has 10 nitrogen and oxygen atoms in total. The number of methoxy groups -OCH3 is 2. The minimum absolute atomic E-state index is 0.00495. The Morgan fingerprint density at radius 2 is 1.48 bits per heavy atom. The quantitative estimate of drug-likeness (QED) is 0.380. The zero-order chi connectivity index (χ0) is 28.9. The normalized spacial score (nSPS) is 14.4. The summed E-state index contributed by atoms with van der Waals surface area (Å²) in [5.41, 5.74) is 1.04. The van der Waals surface area contributed by atoms with Crippen molar-refractivity contribution < 1.29 is 31.1 Å². The van der Waals surface area contributed by atoms with Crippen molar-refractivity contribution in [1.29, 1.82) is 0 Å². The lowest BCUT2D eigenvalue weighted by molar-refractivity contribution is -0.114. The molecule has 1 saturated heterocycles. The largest absolute Gasteiger partial charge is 0.496 e. The molecule has 0 radical (unpaired) electrons. The van der Waals surface area contributed by atoms with E-state index in [0.717, 1.165) is 23.6 Å². The van der Waals surface area contributed by atoms with Crippen molar-refractivity contribution in [1.82, 2.24) is 4.31 Å². The standard InChI is InChI=1S/C28H33N3O7S2/c1-21-18-23(12-14-26(21)37-2)40(35,36)31(22-10-6-4-7-11-22)20-28(32)29-25-19-24(13-15-27(25)38-3)39(33,34)30-16-8-5-9-17-30/h4,6-7,10-15,18-19H,5,8-9,16-17,20H2,1-3H3,(H,29,32). The van der Waals surface area contributed by atoms with Crippen molar-refractivity contribution in [3.05, 3.63) is 72.3 Å². The van der Waals surface area contributed by atoms with Crippen molar-refractivity contribution in [2.24, 2.45) is 0 Å². The summed E-state index contributed by atoms with van der Waals surface area (Å²) in [7, 11) is -5.04. The Morgan fingerprint density at radius 1 is 0.850 bits per heavy atom. The molecule has 0 atom stereocenters. The maximum absolute atomic E-state index is 13.8. The number of amides is 1. The predicted molar refractivity (Wildman–Crippen MR) is 153 cm³/mol. The number of rotatable bonds is 10. The molecule has 1 heterocycles. The second kappa shape index (κ2) is 12.3. The highest BCUT2D eigenvalue weighted by atomic mass is 32.2. The van der Waals surface area contributed by atoms with Crippen LogP contribution in [0.15, 0.2) is 76.5 Å². The van der Waals surface area contributed by atoms with E-state index in [9.17, 15) is 21.6 Å². The number of hydrogen-bond acceptors (Lipinski definition) is 7. The Hall–Kier alpha value is -3.61. The topological polar surface area (TPSA) is 122 Å². The van der Waals surface area contributed by atoms with Crippen LogP contribution in [-0.4, -0.2) is 60.9 Å². The minimum Gasteiger partial charge on any atom is -0.496 e.